The molecule has 3 aromatic rings. The molecule has 0 atom stereocenters. The van der Waals surface area contributed by atoms with Crippen molar-refractivity contribution in [2.45, 2.75) is 19.8 Å². The smallest absolute Gasteiger partial charge is 0.308 e. The minimum Gasteiger partial charge on any atom is -0.457 e. The second-order valence-electron chi connectivity index (χ2n) is 8.32. The maximum atomic E-state index is 12.7. The van der Waals surface area contributed by atoms with Crippen LogP contribution in [0.15, 0.2) is 78.9 Å². The van der Waals surface area contributed by atoms with Gasteiger partial charge in [0.25, 0.3) is 0 Å². The van der Waals surface area contributed by atoms with Crippen LogP contribution in [0.25, 0.3) is 0 Å². The van der Waals surface area contributed by atoms with Crippen molar-refractivity contribution in [1.29, 1.82) is 0 Å². The number of Topliss-reactive ketones (excluding diaryl/α,β-unsaturated/α-hetero) is 1. The molecule has 0 aromatic heterocycles. The lowest BCUT2D eigenvalue weighted by atomic mass is 10.1. The van der Waals surface area contributed by atoms with Crippen LogP contribution in [0.2, 0.25) is 0 Å². The SMILES string of the molecule is CC(=O)Oc1ccc(C(=O)CCC(=O)N2CCN(c3ccc(Oc4ccccc4)cc3)CC2)cc1. The average molecular weight is 473 g/mol. The molecule has 180 valence electrons. The lowest BCUT2D eigenvalue weighted by Crippen LogP contribution is -2.48. The summed E-state index contributed by atoms with van der Waals surface area (Å²) >= 11 is 0. The molecule has 0 unspecified atom stereocenters. The van der Waals surface area contributed by atoms with Crippen LogP contribution in [0.5, 0.6) is 17.2 Å². The van der Waals surface area contributed by atoms with E-state index >= 15 is 0 Å². The molecule has 1 fully saturated rings. The van der Waals surface area contributed by atoms with Crippen LogP contribution in [0.1, 0.15) is 30.1 Å². The molecule has 35 heavy (non-hydrogen) atoms. The molecule has 4 rings (SSSR count). The Morgan fingerprint density at radius 1 is 0.714 bits per heavy atom. The fraction of sp³-hybridized carbons (Fsp3) is 0.250. The summed E-state index contributed by atoms with van der Waals surface area (Å²) in [4.78, 5) is 40.2. The molecule has 1 saturated heterocycles. The number of esters is 1. The Labute approximate surface area is 204 Å². The molecular formula is C28H28N2O5. The molecule has 7 heteroatoms. The van der Waals surface area contributed by atoms with Gasteiger partial charge in [-0.1, -0.05) is 18.2 Å². The van der Waals surface area contributed by atoms with Gasteiger partial charge in [0.2, 0.25) is 5.91 Å². The predicted molar refractivity (Wildman–Crippen MR) is 133 cm³/mol. The number of rotatable bonds is 8. The van der Waals surface area contributed by atoms with Crippen LogP contribution in [0.3, 0.4) is 0 Å². The number of amides is 1. The van der Waals surface area contributed by atoms with Gasteiger partial charge in [-0.3, -0.25) is 14.4 Å². The van der Waals surface area contributed by atoms with Crippen molar-refractivity contribution >= 4 is 23.3 Å². The van der Waals surface area contributed by atoms with Crippen molar-refractivity contribution < 1.29 is 23.9 Å². The van der Waals surface area contributed by atoms with E-state index in [1.807, 2.05) is 59.5 Å². The minimum atomic E-state index is -0.413. The first-order chi connectivity index (χ1) is 17.0. The largest absolute Gasteiger partial charge is 0.457 e. The lowest BCUT2D eigenvalue weighted by molar-refractivity contribution is -0.132. The highest BCUT2D eigenvalue weighted by Crippen LogP contribution is 2.25. The summed E-state index contributed by atoms with van der Waals surface area (Å²) in [5, 5.41) is 0. The predicted octanol–water partition coefficient (Wildman–Crippen LogP) is 4.72. The topological polar surface area (TPSA) is 76.2 Å². The maximum Gasteiger partial charge on any atom is 0.308 e. The third-order valence-corrected chi connectivity index (χ3v) is 5.82. The second kappa shape index (κ2) is 11.3. The number of piperazine rings is 1. The Hall–Kier alpha value is -4.13. The molecule has 0 saturated carbocycles. The zero-order valence-electron chi connectivity index (χ0n) is 19.7. The van der Waals surface area contributed by atoms with E-state index in [1.165, 1.54) is 6.92 Å². The van der Waals surface area contributed by atoms with E-state index in [-0.39, 0.29) is 24.5 Å². The van der Waals surface area contributed by atoms with Crippen molar-refractivity contribution in [3.05, 3.63) is 84.4 Å². The van der Waals surface area contributed by atoms with E-state index in [0.717, 1.165) is 30.3 Å². The quantitative estimate of drug-likeness (QED) is 0.268. The summed E-state index contributed by atoms with van der Waals surface area (Å²) in [6.07, 6.45) is 0.324. The molecule has 1 heterocycles. The third-order valence-electron chi connectivity index (χ3n) is 5.82. The number of ether oxygens (including phenoxy) is 2. The van der Waals surface area contributed by atoms with Crippen LogP contribution in [0, 0.1) is 0 Å². The highest BCUT2D eigenvalue weighted by molar-refractivity contribution is 5.98. The van der Waals surface area contributed by atoms with Gasteiger partial charge in [-0.2, -0.15) is 0 Å². The Morgan fingerprint density at radius 2 is 1.31 bits per heavy atom. The van der Waals surface area contributed by atoms with Crippen molar-refractivity contribution in [2.75, 3.05) is 31.1 Å². The summed E-state index contributed by atoms with van der Waals surface area (Å²) < 4.78 is 10.8. The standard InChI is InChI=1S/C28H28N2O5/c1-21(31)34-25-11-7-22(8-12-25)27(32)15-16-28(33)30-19-17-29(18-20-30)23-9-13-26(14-10-23)35-24-5-3-2-4-6-24/h2-14H,15-20H2,1H3. The van der Waals surface area contributed by atoms with Crippen molar-refractivity contribution in [2.24, 2.45) is 0 Å². The summed E-state index contributed by atoms with van der Waals surface area (Å²) in [5.74, 6) is 1.43. The van der Waals surface area contributed by atoms with Gasteiger partial charge in [0.05, 0.1) is 0 Å². The molecule has 1 aliphatic rings. The first-order valence-corrected chi connectivity index (χ1v) is 11.7. The van der Waals surface area contributed by atoms with Gasteiger partial charge < -0.3 is 19.3 Å². The molecule has 1 amide bonds. The number of benzene rings is 3. The Balaban J connectivity index is 1.22. The second-order valence-corrected chi connectivity index (χ2v) is 8.32. The van der Waals surface area contributed by atoms with Crippen molar-refractivity contribution in [3.63, 3.8) is 0 Å². The van der Waals surface area contributed by atoms with Crippen LogP contribution < -0.4 is 14.4 Å². The van der Waals surface area contributed by atoms with Gasteiger partial charge in [-0.05, 0) is 60.7 Å². The molecule has 0 radical (unpaired) electrons. The van der Waals surface area contributed by atoms with Gasteiger partial charge in [0, 0.05) is 57.2 Å². The Morgan fingerprint density at radius 3 is 1.94 bits per heavy atom. The first-order valence-electron chi connectivity index (χ1n) is 11.7. The lowest BCUT2D eigenvalue weighted by Gasteiger charge is -2.36. The van der Waals surface area contributed by atoms with E-state index in [1.54, 1.807) is 24.3 Å². The summed E-state index contributed by atoms with van der Waals surface area (Å²) in [6.45, 7) is 4.02. The number of carbonyl (C=O) groups excluding carboxylic acids is 3. The highest BCUT2D eigenvalue weighted by atomic mass is 16.5. The molecule has 0 spiro atoms. The average Bonchev–Trinajstić information content (AvgIpc) is 2.88. The molecule has 0 N–H and O–H groups in total. The number of nitrogens with zero attached hydrogens (tertiary/aromatic N) is 2. The number of para-hydroxylation sites is 1. The maximum absolute atomic E-state index is 12.7. The van der Waals surface area contributed by atoms with Crippen LogP contribution in [0.4, 0.5) is 5.69 Å². The number of hydrogen-bond acceptors (Lipinski definition) is 6. The Kier molecular flexibility index (Phi) is 7.77. The van der Waals surface area contributed by atoms with E-state index < -0.39 is 5.97 Å². The van der Waals surface area contributed by atoms with Gasteiger partial charge in [0.15, 0.2) is 5.78 Å². The zero-order valence-corrected chi connectivity index (χ0v) is 19.7. The zero-order chi connectivity index (χ0) is 24.6. The number of anilines is 1. The van der Waals surface area contributed by atoms with E-state index in [0.29, 0.717) is 24.4 Å². The van der Waals surface area contributed by atoms with E-state index in [2.05, 4.69) is 4.90 Å². The fourth-order valence-corrected chi connectivity index (χ4v) is 3.96. The number of carbonyl (C=O) groups is 3. The van der Waals surface area contributed by atoms with E-state index in [4.69, 9.17) is 9.47 Å². The summed E-state index contributed by atoms with van der Waals surface area (Å²) in [5.41, 5.74) is 1.59. The fourth-order valence-electron chi connectivity index (χ4n) is 3.96. The minimum absolute atomic E-state index is 0.0128. The van der Waals surface area contributed by atoms with Gasteiger partial charge in [-0.15, -0.1) is 0 Å². The molecular weight excluding hydrogens is 444 g/mol. The molecule has 3 aromatic carbocycles. The van der Waals surface area contributed by atoms with Gasteiger partial charge in [0.1, 0.15) is 17.2 Å². The molecule has 0 aliphatic carbocycles. The van der Waals surface area contributed by atoms with Crippen LogP contribution >= 0.6 is 0 Å². The Bertz CT molecular complexity index is 1150. The summed E-state index contributed by atoms with van der Waals surface area (Å²) in [7, 11) is 0. The number of ketones is 1. The van der Waals surface area contributed by atoms with Crippen LogP contribution in [-0.2, 0) is 9.59 Å². The monoisotopic (exact) mass is 472 g/mol. The van der Waals surface area contributed by atoms with Gasteiger partial charge >= 0.3 is 5.97 Å². The molecule has 0 bridgehead atoms. The first kappa shape index (κ1) is 24.0. The normalized spacial score (nSPS) is 13.3. The van der Waals surface area contributed by atoms with Crippen molar-refractivity contribution in [3.8, 4) is 17.2 Å². The van der Waals surface area contributed by atoms with Crippen molar-refractivity contribution in [1.82, 2.24) is 4.90 Å². The molecule has 7 nitrogen and oxygen atoms in total. The van der Waals surface area contributed by atoms with E-state index in [9.17, 15) is 14.4 Å². The highest BCUT2D eigenvalue weighted by Gasteiger charge is 2.22. The van der Waals surface area contributed by atoms with Crippen LogP contribution in [-0.4, -0.2) is 48.7 Å². The summed E-state index contributed by atoms with van der Waals surface area (Å²) in [6, 6.07) is 24.0. The number of hydrogen-bond donors (Lipinski definition) is 0. The van der Waals surface area contributed by atoms with Gasteiger partial charge in [-0.25, -0.2) is 0 Å². The molecule has 1 aliphatic heterocycles. The third kappa shape index (κ3) is 6.69.